The minimum atomic E-state index is 0.166. The van der Waals surface area contributed by atoms with Crippen molar-refractivity contribution >= 4 is 0 Å². The summed E-state index contributed by atoms with van der Waals surface area (Å²) in [6.45, 7) is 2.04. The number of hydrogen-bond donors (Lipinski definition) is 1. The highest BCUT2D eigenvalue weighted by Crippen LogP contribution is 2.24. The molecule has 1 atom stereocenters. The molecule has 1 saturated heterocycles. The molecular weight excluding hydrogens is 288 g/mol. The van der Waals surface area contributed by atoms with Gasteiger partial charge in [-0.1, -0.05) is 24.3 Å². The van der Waals surface area contributed by atoms with Gasteiger partial charge in [-0.05, 0) is 50.0 Å². The van der Waals surface area contributed by atoms with Crippen LogP contribution in [0.5, 0.6) is 5.75 Å². The quantitative estimate of drug-likeness (QED) is 0.891. The fourth-order valence-electron chi connectivity index (χ4n) is 3.07. The van der Waals surface area contributed by atoms with Crippen molar-refractivity contribution in [3.8, 4) is 16.9 Å². The second kappa shape index (κ2) is 7.57. The molecule has 1 aromatic carbocycles. The lowest BCUT2D eigenvalue weighted by Crippen LogP contribution is -2.30. The smallest absolute Gasteiger partial charge is 0.138 e. The Hall–Kier alpha value is -1.91. The van der Waals surface area contributed by atoms with Crippen molar-refractivity contribution in [1.82, 2.24) is 9.88 Å². The number of hydrogen-bond acceptors (Lipinski definition) is 4. The molecule has 1 unspecified atom stereocenters. The van der Waals surface area contributed by atoms with E-state index in [-0.39, 0.29) is 6.61 Å². The van der Waals surface area contributed by atoms with Crippen LogP contribution in [-0.2, 0) is 6.42 Å². The molecule has 4 nitrogen and oxygen atoms in total. The normalized spacial score (nSPS) is 18.3. The van der Waals surface area contributed by atoms with Gasteiger partial charge in [0.1, 0.15) is 12.4 Å². The molecule has 0 aliphatic carbocycles. The molecule has 3 rings (SSSR count). The number of aromatic nitrogens is 1. The van der Waals surface area contributed by atoms with Gasteiger partial charge >= 0.3 is 0 Å². The van der Waals surface area contributed by atoms with Gasteiger partial charge in [-0.3, -0.25) is 4.98 Å². The van der Waals surface area contributed by atoms with Crippen LogP contribution in [0.25, 0.3) is 11.1 Å². The van der Waals surface area contributed by atoms with Crippen molar-refractivity contribution in [3.05, 3.63) is 48.3 Å². The first-order valence-electron chi connectivity index (χ1n) is 8.24. The van der Waals surface area contributed by atoms with Crippen LogP contribution in [0.1, 0.15) is 18.4 Å². The third-order valence-electron chi connectivity index (χ3n) is 4.49. The summed E-state index contributed by atoms with van der Waals surface area (Å²) in [6, 6.07) is 10.8. The second-order valence-corrected chi connectivity index (χ2v) is 6.17. The Morgan fingerprint density at radius 1 is 1.26 bits per heavy atom. The number of rotatable bonds is 6. The highest BCUT2D eigenvalue weighted by Gasteiger charge is 2.21. The van der Waals surface area contributed by atoms with Gasteiger partial charge in [0, 0.05) is 24.4 Å². The van der Waals surface area contributed by atoms with Crippen molar-refractivity contribution in [2.24, 2.45) is 0 Å². The number of pyridine rings is 1. The fourth-order valence-corrected chi connectivity index (χ4v) is 3.07. The van der Waals surface area contributed by atoms with Gasteiger partial charge in [-0.15, -0.1) is 0 Å². The molecule has 0 radical (unpaired) electrons. The molecule has 0 saturated carbocycles. The van der Waals surface area contributed by atoms with Gasteiger partial charge < -0.3 is 14.7 Å². The van der Waals surface area contributed by atoms with Crippen LogP contribution in [0.3, 0.4) is 0 Å². The molecule has 1 aromatic heterocycles. The van der Waals surface area contributed by atoms with Crippen molar-refractivity contribution in [2.75, 3.05) is 26.8 Å². The Bertz CT molecular complexity index is 645. The van der Waals surface area contributed by atoms with Crippen molar-refractivity contribution in [3.63, 3.8) is 0 Å². The van der Waals surface area contributed by atoms with Crippen LogP contribution < -0.4 is 4.74 Å². The molecule has 0 bridgehead atoms. The molecule has 2 aromatic rings. The summed E-state index contributed by atoms with van der Waals surface area (Å²) in [7, 11) is 2.16. The zero-order chi connectivity index (χ0) is 16.1. The maximum Gasteiger partial charge on any atom is 0.138 e. The minimum absolute atomic E-state index is 0.166. The summed E-state index contributed by atoms with van der Waals surface area (Å²) in [5, 5.41) is 9.08. The van der Waals surface area contributed by atoms with Crippen LogP contribution >= 0.6 is 0 Å². The Morgan fingerprint density at radius 2 is 2.17 bits per heavy atom. The summed E-state index contributed by atoms with van der Waals surface area (Å²) < 4.78 is 5.96. The van der Waals surface area contributed by atoms with E-state index in [2.05, 4.69) is 29.1 Å². The Labute approximate surface area is 137 Å². The molecule has 23 heavy (non-hydrogen) atoms. The number of likely N-dealkylation sites (tertiary alicyclic amines) is 1. The van der Waals surface area contributed by atoms with E-state index in [1.54, 1.807) is 6.20 Å². The largest absolute Gasteiger partial charge is 0.490 e. The molecule has 2 heterocycles. The van der Waals surface area contributed by atoms with E-state index in [0.717, 1.165) is 29.0 Å². The van der Waals surface area contributed by atoms with Crippen molar-refractivity contribution in [2.45, 2.75) is 25.3 Å². The lowest BCUT2D eigenvalue weighted by atomic mass is 10.0. The fraction of sp³-hybridized carbons (Fsp3) is 0.421. The molecular formula is C19H24N2O2. The maximum atomic E-state index is 9.08. The van der Waals surface area contributed by atoms with Crippen molar-refractivity contribution in [1.29, 1.82) is 0 Å². The summed E-state index contributed by atoms with van der Waals surface area (Å²) >= 11 is 0. The number of nitrogens with zero attached hydrogens (tertiary/aromatic N) is 2. The molecule has 1 N–H and O–H groups in total. The van der Waals surface area contributed by atoms with E-state index in [0.29, 0.717) is 19.1 Å². The lowest BCUT2D eigenvalue weighted by molar-refractivity contribution is 0.198. The standard InChI is InChI=1S/C19H24N2O2/c1-21-8-3-6-18(21)14-23-19-11-17(12-20-13-19)16-5-2-4-15(10-16)7-9-22/h2,4-5,10-13,18,22H,3,6-9,14H2,1H3. The van der Waals surface area contributed by atoms with Gasteiger partial charge in [0.2, 0.25) is 0 Å². The number of benzene rings is 1. The highest BCUT2D eigenvalue weighted by molar-refractivity contribution is 5.64. The first-order chi connectivity index (χ1) is 11.3. The Balaban J connectivity index is 1.70. The first-order valence-corrected chi connectivity index (χ1v) is 8.24. The molecule has 0 amide bonds. The Morgan fingerprint density at radius 3 is 2.96 bits per heavy atom. The minimum Gasteiger partial charge on any atom is -0.490 e. The SMILES string of the molecule is CN1CCCC1COc1cncc(-c2cccc(CCO)c2)c1. The average molecular weight is 312 g/mol. The monoisotopic (exact) mass is 312 g/mol. The van der Waals surface area contributed by atoms with Gasteiger partial charge in [-0.25, -0.2) is 0 Å². The predicted molar refractivity (Wildman–Crippen MR) is 91.6 cm³/mol. The van der Waals surface area contributed by atoms with Crippen LogP contribution in [0.15, 0.2) is 42.7 Å². The predicted octanol–water partition coefficient (Wildman–Crippen LogP) is 2.76. The number of aliphatic hydroxyl groups is 1. The number of likely N-dealkylation sites (N-methyl/N-ethyl adjacent to an activating group) is 1. The van der Waals surface area contributed by atoms with Gasteiger partial charge in [-0.2, -0.15) is 0 Å². The lowest BCUT2D eigenvalue weighted by Gasteiger charge is -2.19. The third-order valence-corrected chi connectivity index (χ3v) is 4.49. The zero-order valence-corrected chi connectivity index (χ0v) is 13.6. The third kappa shape index (κ3) is 4.09. The van der Waals surface area contributed by atoms with Gasteiger partial charge in [0.25, 0.3) is 0 Å². The molecule has 1 fully saturated rings. The zero-order valence-electron chi connectivity index (χ0n) is 13.6. The van der Waals surface area contributed by atoms with E-state index >= 15 is 0 Å². The van der Waals surface area contributed by atoms with E-state index < -0.39 is 0 Å². The van der Waals surface area contributed by atoms with E-state index in [9.17, 15) is 0 Å². The van der Waals surface area contributed by atoms with Gasteiger partial charge in [0.05, 0.1) is 6.20 Å². The summed E-state index contributed by atoms with van der Waals surface area (Å²) in [4.78, 5) is 6.67. The summed E-state index contributed by atoms with van der Waals surface area (Å²) in [6.07, 6.45) is 6.75. The van der Waals surface area contributed by atoms with E-state index in [1.807, 2.05) is 24.4 Å². The van der Waals surface area contributed by atoms with Crippen LogP contribution in [-0.4, -0.2) is 47.8 Å². The van der Waals surface area contributed by atoms with Crippen molar-refractivity contribution < 1.29 is 9.84 Å². The van der Waals surface area contributed by atoms with E-state index in [1.165, 1.54) is 12.8 Å². The van der Waals surface area contributed by atoms with Crippen LogP contribution in [0.4, 0.5) is 0 Å². The first kappa shape index (κ1) is 16.0. The van der Waals surface area contributed by atoms with Gasteiger partial charge in [0.15, 0.2) is 0 Å². The summed E-state index contributed by atoms with van der Waals surface area (Å²) in [5.74, 6) is 0.815. The molecule has 1 aliphatic heterocycles. The maximum absolute atomic E-state index is 9.08. The molecule has 0 spiro atoms. The number of ether oxygens (including phenoxy) is 1. The summed E-state index contributed by atoms with van der Waals surface area (Å²) in [5.41, 5.74) is 3.28. The second-order valence-electron chi connectivity index (χ2n) is 6.17. The van der Waals surface area contributed by atoms with Crippen LogP contribution in [0.2, 0.25) is 0 Å². The van der Waals surface area contributed by atoms with E-state index in [4.69, 9.17) is 9.84 Å². The Kier molecular flexibility index (Phi) is 5.26. The molecule has 122 valence electrons. The number of aliphatic hydroxyl groups excluding tert-OH is 1. The topological polar surface area (TPSA) is 45.6 Å². The highest BCUT2D eigenvalue weighted by atomic mass is 16.5. The molecule has 4 heteroatoms. The van der Waals surface area contributed by atoms with Crippen LogP contribution in [0, 0.1) is 0 Å². The average Bonchev–Trinajstić information content (AvgIpc) is 2.99. The molecule has 1 aliphatic rings.